The second-order valence-electron chi connectivity index (χ2n) is 6.13. The number of carbonyl (C=O) groups is 2. The Hall–Kier alpha value is -2.57. The first-order valence-corrected chi connectivity index (χ1v) is 8.98. The number of nitrogens with one attached hydrogen (secondary N) is 1. The lowest BCUT2D eigenvalue weighted by molar-refractivity contribution is -0.128. The van der Waals surface area contributed by atoms with E-state index in [1.807, 2.05) is 12.1 Å². The summed E-state index contributed by atoms with van der Waals surface area (Å²) in [7, 11) is 0. The number of aromatic carboxylic acids is 1. The zero-order valence-electron chi connectivity index (χ0n) is 14.1. The molecule has 3 aromatic rings. The van der Waals surface area contributed by atoms with Crippen molar-refractivity contribution in [2.24, 2.45) is 0 Å². The van der Waals surface area contributed by atoms with Gasteiger partial charge in [-0.25, -0.2) is 4.79 Å². The molecule has 0 atom stereocenters. The third kappa shape index (κ3) is 3.66. The second-order valence-corrected chi connectivity index (χ2v) is 7.62. The molecular formula is C19H16ClNO4S. The fourth-order valence-electron chi connectivity index (χ4n) is 2.43. The van der Waals surface area contributed by atoms with Crippen molar-refractivity contribution in [2.75, 3.05) is 5.32 Å². The predicted molar refractivity (Wildman–Crippen MR) is 104 cm³/mol. The molecule has 0 saturated heterocycles. The Morgan fingerprint density at radius 3 is 2.42 bits per heavy atom. The molecule has 0 saturated carbocycles. The maximum Gasteiger partial charge on any atom is 0.348 e. The van der Waals surface area contributed by atoms with E-state index in [0.29, 0.717) is 16.2 Å². The molecule has 2 aromatic carbocycles. The SMILES string of the molecule is CC(C)(Oc1ccc(Cl)cc1)C(=O)Nc1c(C(=O)O)sc2ccccc12. The van der Waals surface area contributed by atoms with Crippen molar-refractivity contribution in [2.45, 2.75) is 19.4 Å². The number of halogens is 1. The minimum atomic E-state index is -1.22. The number of benzene rings is 2. The molecule has 134 valence electrons. The van der Waals surface area contributed by atoms with Crippen molar-refractivity contribution >= 4 is 50.6 Å². The summed E-state index contributed by atoms with van der Waals surface area (Å²) in [5.74, 6) is -1.04. The zero-order valence-corrected chi connectivity index (χ0v) is 15.6. The van der Waals surface area contributed by atoms with Crippen LogP contribution >= 0.6 is 22.9 Å². The van der Waals surface area contributed by atoms with Crippen LogP contribution in [0, 0.1) is 0 Å². The number of carboxylic acids is 1. The van der Waals surface area contributed by atoms with E-state index in [1.54, 1.807) is 50.2 Å². The lowest BCUT2D eigenvalue weighted by Gasteiger charge is -2.25. The summed E-state index contributed by atoms with van der Waals surface area (Å²) in [6, 6.07) is 13.9. The van der Waals surface area contributed by atoms with Gasteiger partial charge in [0.25, 0.3) is 5.91 Å². The molecule has 2 N–H and O–H groups in total. The van der Waals surface area contributed by atoms with Gasteiger partial charge in [-0.3, -0.25) is 4.79 Å². The van der Waals surface area contributed by atoms with Crippen molar-refractivity contribution < 1.29 is 19.4 Å². The summed E-state index contributed by atoms with van der Waals surface area (Å²) >= 11 is 6.97. The molecule has 0 radical (unpaired) electrons. The molecule has 3 rings (SSSR count). The summed E-state index contributed by atoms with van der Waals surface area (Å²) in [4.78, 5) is 24.4. The number of carbonyl (C=O) groups excluding carboxylic acids is 1. The lowest BCUT2D eigenvalue weighted by Crippen LogP contribution is -2.42. The van der Waals surface area contributed by atoms with Crippen molar-refractivity contribution in [3.8, 4) is 5.75 Å². The van der Waals surface area contributed by atoms with Gasteiger partial charge in [0.1, 0.15) is 10.6 Å². The number of anilines is 1. The Bertz CT molecular complexity index is 979. The fraction of sp³-hybridized carbons (Fsp3) is 0.158. The van der Waals surface area contributed by atoms with Crippen LogP contribution in [0.3, 0.4) is 0 Å². The van der Waals surface area contributed by atoms with E-state index in [2.05, 4.69) is 5.32 Å². The van der Waals surface area contributed by atoms with Crippen molar-refractivity contribution in [1.29, 1.82) is 0 Å². The maximum absolute atomic E-state index is 12.8. The molecule has 0 aliphatic carbocycles. The van der Waals surface area contributed by atoms with E-state index in [1.165, 1.54) is 0 Å². The molecule has 1 aromatic heterocycles. The van der Waals surface area contributed by atoms with Gasteiger partial charge in [-0.1, -0.05) is 29.8 Å². The van der Waals surface area contributed by atoms with Gasteiger partial charge in [-0.15, -0.1) is 11.3 Å². The number of thiophene rings is 1. The van der Waals surface area contributed by atoms with E-state index in [4.69, 9.17) is 16.3 Å². The van der Waals surface area contributed by atoms with E-state index in [9.17, 15) is 14.7 Å². The van der Waals surface area contributed by atoms with E-state index in [-0.39, 0.29) is 10.6 Å². The molecule has 0 aliphatic heterocycles. The number of amides is 1. The van der Waals surface area contributed by atoms with Crippen molar-refractivity contribution in [3.63, 3.8) is 0 Å². The minimum Gasteiger partial charge on any atom is -0.478 e. The first kappa shape index (κ1) is 18.2. The summed E-state index contributed by atoms with van der Waals surface area (Å²) in [5, 5.41) is 13.4. The summed E-state index contributed by atoms with van der Waals surface area (Å²) < 4.78 is 6.55. The quantitative estimate of drug-likeness (QED) is 0.640. The number of carboxylic acid groups (broad SMARTS) is 1. The van der Waals surface area contributed by atoms with Crippen molar-refractivity contribution in [3.05, 3.63) is 58.4 Å². The molecule has 0 bridgehead atoms. The van der Waals surface area contributed by atoms with Crippen LogP contribution in [0.1, 0.15) is 23.5 Å². The molecule has 26 heavy (non-hydrogen) atoms. The Labute approximate surface area is 159 Å². The zero-order chi connectivity index (χ0) is 18.9. The standard InChI is InChI=1S/C19H16ClNO4S/c1-19(2,25-12-9-7-11(20)8-10-12)18(24)21-15-13-5-3-4-6-14(13)26-16(15)17(22)23/h3-10H,1-2H3,(H,21,24)(H,22,23). The van der Waals surface area contributed by atoms with Crippen molar-refractivity contribution in [1.82, 2.24) is 0 Å². The average molecular weight is 390 g/mol. The Balaban J connectivity index is 1.89. The van der Waals surface area contributed by atoms with Gasteiger partial charge in [-0.05, 0) is 44.2 Å². The Morgan fingerprint density at radius 2 is 1.77 bits per heavy atom. The number of hydrogen-bond acceptors (Lipinski definition) is 4. The van der Waals surface area contributed by atoms with Crippen LogP contribution in [0.25, 0.3) is 10.1 Å². The van der Waals surface area contributed by atoms with Gasteiger partial charge < -0.3 is 15.2 Å². The van der Waals surface area contributed by atoms with Gasteiger partial charge in [0.15, 0.2) is 5.60 Å². The third-order valence-corrected chi connectivity index (χ3v) is 5.17. The number of rotatable bonds is 5. The summed E-state index contributed by atoms with van der Waals surface area (Å²) in [6.07, 6.45) is 0. The number of fused-ring (bicyclic) bond motifs is 1. The first-order chi connectivity index (χ1) is 12.3. The Kier molecular flexibility index (Phi) is 4.89. The monoisotopic (exact) mass is 389 g/mol. The van der Waals surface area contributed by atoms with Gasteiger partial charge in [0, 0.05) is 15.1 Å². The van der Waals surface area contributed by atoms with Gasteiger partial charge in [0.2, 0.25) is 0 Å². The van der Waals surface area contributed by atoms with Gasteiger partial charge in [0.05, 0.1) is 5.69 Å². The highest BCUT2D eigenvalue weighted by molar-refractivity contribution is 7.21. The smallest absolute Gasteiger partial charge is 0.348 e. The van der Waals surface area contributed by atoms with Crippen LogP contribution in [-0.4, -0.2) is 22.6 Å². The minimum absolute atomic E-state index is 0.0850. The molecular weight excluding hydrogens is 374 g/mol. The highest BCUT2D eigenvalue weighted by Crippen LogP contribution is 2.36. The highest BCUT2D eigenvalue weighted by atomic mass is 35.5. The third-order valence-electron chi connectivity index (χ3n) is 3.76. The Morgan fingerprint density at radius 1 is 1.12 bits per heavy atom. The second kappa shape index (κ2) is 6.97. The molecule has 5 nitrogen and oxygen atoms in total. The molecule has 0 unspecified atom stereocenters. The molecule has 7 heteroatoms. The normalized spacial score (nSPS) is 11.3. The topological polar surface area (TPSA) is 75.6 Å². The van der Waals surface area contributed by atoms with Crippen LogP contribution in [-0.2, 0) is 4.79 Å². The van der Waals surface area contributed by atoms with Crippen LogP contribution < -0.4 is 10.1 Å². The summed E-state index contributed by atoms with van der Waals surface area (Å²) in [5.41, 5.74) is -0.928. The van der Waals surface area contributed by atoms with Crippen LogP contribution in [0.2, 0.25) is 5.02 Å². The number of ether oxygens (including phenoxy) is 1. The van der Waals surface area contributed by atoms with Gasteiger partial charge in [-0.2, -0.15) is 0 Å². The van der Waals surface area contributed by atoms with E-state index in [0.717, 1.165) is 16.0 Å². The largest absolute Gasteiger partial charge is 0.478 e. The van der Waals surface area contributed by atoms with Crippen LogP contribution in [0.15, 0.2) is 48.5 Å². The first-order valence-electron chi connectivity index (χ1n) is 7.79. The van der Waals surface area contributed by atoms with Gasteiger partial charge >= 0.3 is 5.97 Å². The maximum atomic E-state index is 12.8. The van der Waals surface area contributed by atoms with E-state index < -0.39 is 17.5 Å². The highest BCUT2D eigenvalue weighted by Gasteiger charge is 2.32. The van der Waals surface area contributed by atoms with E-state index >= 15 is 0 Å². The molecule has 0 aliphatic rings. The van der Waals surface area contributed by atoms with Crippen LogP contribution in [0.5, 0.6) is 5.75 Å². The molecule has 1 heterocycles. The fourth-order valence-corrected chi connectivity index (χ4v) is 3.55. The van der Waals surface area contributed by atoms with Crippen LogP contribution in [0.4, 0.5) is 5.69 Å². The average Bonchev–Trinajstić information content (AvgIpc) is 2.96. The predicted octanol–water partition coefficient (Wildman–Crippen LogP) is 5.05. The lowest BCUT2D eigenvalue weighted by atomic mass is 10.1. The summed E-state index contributed by atoms with van der Waals surface area (Å²) in [6.45, 7) is 3.23. The number of hydrogen-bond donors (Lipinski definition) is 2. The molecule has 0 fully saturated rings. The molecule has 0 spiro atoms. The molecule has 1 amide bonds.